The molecular formula is C17H26N2O5. The lowest BCUT2D eigenvalue weighted by Gasteiger charge is -2.33. The van der Waals surface area contributed by atoms with Crippen LogP contribution in [-0.2, 0) is 9.47 Å². The molecule has 1 N–H and O–H groups in total. The molecule has 0 radical (unpaired) electrons. The van der Waals surface area contributed by atoms with Gasteiger partial charge in [-0.3, -0.25) is 0 Å². The minimum atomic E-state index is -0.471. The Morgan fingerprint density at radius 2 is 2.00 bits per heavy atom. The van der Waals surface area contributed by atoms with Crippen LogP contribution in [0.4, 0.5) is 4.79 Å². The van der Waals surface area contributed by atoms with E-state index in [0.29, 0.717) is 32.2 Å². The van der Waals surface area contributed by atoms with E-state index < -0.39 is 5.60 Å². The highest BCUT2D eigenvalue weighted by atomic mass is 16.6. The Bertz CT molecular complexity index is 536. The van der Waals surface area contributed by atoms with Gasteiger partial charge in [0.2, 0.25) is 11.8 Å². The van der Waals surface area contributed by atoms with Gasteiger partial charge in [0.25, 0.3) is 0 Å². The van der Waals surface area contributed by atoms with Gasteiger partial charge in [-0.1, -0.05) is 6.07 Å². The summed E-state index contributed by atoms with van der Waals surface area (Å²) in [6.45, 7) is 7.66. The van der Waals surface area contributed by atoms with E-state index in [1.807, 2.05) is 20.8 Å². The molecule has 0 aromatic carbocycles. The van der Waals surface area contributed by atoms with Gasteiger partial charge in [-0.25, -0.2) is 4.79 Å². The number of hydrogen-bond donors (Lipinski definition) is 1. The average Bonchev–Trinajstić information content (AvgIpc) is 2.50. The van der Waals surface area contributed by atoms with Crippen molar-refractivity contribution in [2.24, 2.45) is 0 Å². The number of aromatic nitrogens is 1. The summed E-state index contributed by atoms with van der Waals surface area (Å²) in [5.41, 5.74) is -0.471. The van der Waals surface area contributed by atoms with Crippen LogP contribution < -0.4 is 4.74 Å². The van der Waals surface area contributed by atoms with Crippen LogP contribution in [0.2, 0.25) is 0 Å². The van der Waals surface area contributed by atoms with Crippen molar-refractivity contribution >= 4 is 6.09 Å². The summed E-state index contributed by atoms with van der Waals surface area (Å²) in [6, 6.07) is 4.84. The van der Waals surface area contributed by atoms with Crippen molar-refractivity contribution in [2.75, 3.05) is 26.3 Å². The van der Waals surface area contributed by atoms with Gasteiger partial charge in [0.15, 0.2) is 0 Å². The first kappa shape index (κ1) is 18.3. The van der Waals surface area contributed by atoms with Gasteiger partial charge in [0.1, 0.15) is 12.2 Å². The Balaban J connectivity index is 1.62. The third-order valence-corrected chi connectivity index (χ3v) is 3.49. The van der Waals surface area contributed by atoms with Gasteiger partial charge in [-0.05, 0) is 33.6 Å². The number of rotatable bonds is 5. The van der Waals surface area contributed by atoms with E-state index >= 15 is 0 Å². The van der Waals surface area contributed by atoms with Crippen molar-refractivity contribution in [1.82, 2.24) is 9.88 Å². The zero-order valence-corrected chi connectivity index (χ0v) is 14.5. The summed E-state index contributed by atoms with van der Waals surface area (Å²) in [6.07, 6.45) is 1.41. The number of aromatic hydroxyl groups is 1. The second-order valence-corrected chi connectivity index (χ2v) is 6.72. The van der Waals surface area contributed by atoms with Crippen LogP contribution in [0.1, 0.15) is 33.6 Å². The maximum absolute atomic E-state index is 12.0. The highest BCUT2D eigenvalue weighted by molar-refractivity contribution is 5.68. The average molecular weight is 338 g/mol. The summed E-state index contributed by atoms with van der Waals surface area (Å²) in [5, 5.41) is 9.25. The second-order valence-electron chi connectivity index (χ2n) is 6.72. The van der Waals surface area contributed by atoms with Crippen LogP contribution >= 0.6 is 0 Å². The standard InChI is InChI=1S/C17H26N2O5/c1-17(2,3)24-16(21)19-9-7-13(8-10-19)22-11-12-23-15-6-4-5-14(20)18-15/h4-6,13H,7-12H2,1-3H3,(H,18,20). The first-order valence-electron chi connectivity index (χ1n) is 8.22. The molecule has 1 aromatic heterocycles. The lowest BCUT2D eigenvalue weighted by molar-refractivity contribution is -0.0180. The number of nitrogens with zero attached hydrogens (tertiary/aromatic N) is 2. The second kappa shape index (κ2) is 8.19. The number of piperidine rings is 1. The Morgan fingerprint density at radius 1 is 1.29 bits per heavy atom. The maximum atomic E-state index is 12.0. The predicted octanol–water partition coefficient (Wildman–Crippen LogP) is 2.58. The van der Waals surface area contributed by atoms with Crippen molar-refractivity contribution in [3.05, 3.63) is 18.2 Å². The number of ether oxygens (including phenoxy) is 3. The summed E-state index contributed by atoms with van der Waals surface area (Å²) in [5.74, 6) is 0.307. The van der Waals surface area contributed by atoms with Crippen LogP contribution in [0.3, 0.4) is 0 Å². The van der Waals surface area contributed by atoms with Gasteiger partial charge in [-0.15, -0.1) is 0 Å². The fourth-order valence-electron chi connectivity index (χ4n) is 2.38. The quantitative estimate of drug-likeness (QED) is 0.831. The van der Waals surface area contributed by atoms with Crippen molar-refractivity contribution in [1.29, 1.82) is 0 Å². The summed E-state index contributed by atoms with van der Waals surface area (Å²) in [4.78, 5) is 17.5. The van der Waals surface area contributed by atoms with Crippen LogP contribution in [0.25, 0.3) is 0 Å². The molecule has 7 heteroatoms. The molecule has 2 rings (SSSR count). The molecule has 0 aliphatic carbocycles. The highest BCUT2D eigenvalue weighted by Crippen LogP contribution is 2.17. The van der Waals surface area contributed by atoms with E-state index in [4.69, 9.17) is 14.2 Å². The van der Waals surface area contributed by atoms with Gasteiger partial charge in [-0.2, -0.15) is 4.98 Å². The summed E-state index contributed by atoms with van der Waals surface area (Å²) in [7, 11) is 0. The molecule has 1 saturated heterocycles. The monoisotopic (exact) mass is 338 g/mol. The molecule has 1 amide bonds. The molecule has 0 unspecified atom stereocenters. The molecular weight excluding hydrogens is 312 g/mol. The molecule has 0 saturated carbocycles. The lowest BCUT2D eigenvalue weighted by atomic mass is 10.1. The number of carbonyl (C=O) groups excluding carboxylic acids is 1. The molecule has 1 fully saturated rings. The predicted molar refractivity (Wildman–Crippen MR) is 88.2 cm³/mol. The Kier molecular flexibility index (Phi) is 6.25. The summed E-state index contributed by atoms with van der Waals surface area (Å²) < 4.78 is 16.5. The molecule has 2 heterocycles. The fourth-order valence-corrected chi connectivity index (χ4v) is 2.38. The highest BCUT2D eigenvalue weighted by Gasteiger charge is 2.27. The van der Waals surface area contributed by atoms with E-state index in [-0.39, 0.29) is 18.1 Å². The Labute approximate surface area is 142 Å². The van der Waals surface area contributed by atoms with E-state index in [1.165, 1.54) is 6.07 Å². The maximum Gasteiger partial charge on any atom is 0.410 e. The molecule has 134 valence electrons. The SMILES string of the molecule is CC(C)(C)OC(=O)N1CCC(OCCOc2cccc(O)n2)CC1. The van der Waals surface area contributed by atoms with Crippen LogP contribution in [-0.4, -0.2) is 59.1 Å². The van der Waals surface area contributed by atoms with Crippen molar-refractivity contribution < 1.29 is 24.1 Å². The number of likely N-dealkylation sites (tertiary alicyclic amines) is 1. The Morgan fingerprint density at radius 3 is 2.62 bits per heavy atom. The van der Waals surface area contributed by atoms with E-state index in [9.17, 15) is 9.90 Å². The zero-order chi connectivity index (χ0) is 17.6. The minimum Gasteiger partial charge on any atom is -0.493 e. The fraction of sp³-hybridized carbons (Fsp3) is 0.647. The lowest BCUT2D eigenvalue weighted by Crippen LogP contribution is -2.43. The van der Waals surface area contributed by atoms with E-state index in [2.05, 4.69) is 4.98 Å². The van der Waals surface area contributed by atoms with Gasteiger partial charge in [0, 0.05) is 25.2 Å². The first-order valence-corrected chi connectivity index (χ1v) is 8.22. The molecule has 0 bridgehead atoms. The van der Waals surface area contributed by atoms with Crippen molar-refractivity contribution in [2.45, 2.75) is 45.3 Å². The molecule has 1 aromatic rings. The van der Waals surface area contributed by atoms with E-state index in [0.717, 1.165) is 12.8 Å². The largest absolute Gasteiger partial charge is 0.493 e. The normalized spacial score (nSPS) is 16.0. The molecule has 7 nitrogen and oxygen atoms in total. The van der Waals surface area contributed by atoms with Gasteiger partial charge in [0.05, 0.1) is 12.7 Å². The zero-order valence-electron chi connectivity index (χ0n) is 14.5. The third-order valence-electron chi connectivity index (χ3n) is 3.49. The summed E-state index contributed by atoms with van der Waals surface area (Å²) >= 11 is 0. The molecule has 1 aliphatic heterocycles. The van der Waals surface area contributed by atoms with Crippen molar-refractivity contribution in [3.63, 3.8) is 0 Å². The molecule has 24 heavy (non-hydrogen) atoms. The van der Waals surface area contributed by atoms with Crippen LogP contribution in [0.15, 0.2) is 18.2 Å². The molecule has 1 aliphatic rings. The van der Waals surface area contributed by atoms with Gasteiger partial charge >= 0.3 is 6.09 Å². The topological polar surface area (TPSA) is 81.1 Å². The third kappa shape index (κ3) is 6.23. The van der Waals surface area contributed by atoms with Crippen LogP contribution in [0.5, 0.6) is 11.8 Å². The number of hydrogen-bond acceptors (Lipinski definition) is 6. The van der Waals surface area contributed by atoms with E-state index in [1.54, 1.807) is 17.0 Å². The van der Waals surface area contributed by atoms with Crippen molar-refractivity contribution in [3.8, 4) is 11.8 Å². The first-order chi connectivity index (χ1) is 11.3. The molecule has 0 spiro atoms. The minimum absolute atomic E-state index is 0.0667. The van der Waals surface area contributed by atoms with Crippen LogP contribution in [0, 0.1) is 0 Å². The number of amides is 1. The number of pyridine rings is 1. The smallest absolute Gasteiger partial charge is 0.410 e. The van der Waals surface area contributed by atoms with Gasteiger partial charge < -0.3 is 24.2 Å². The molecule has 0 atom stereocenters. The number of carbonyl (C=O) groups is 1. The Hall–Kier alpha value is -2.02.